The van der Waals surface area contributed by atoms with Crippen molar-refractivity contribution in [2.45, 2.75) is 0 Å². The predicted octanol–water partition coefficient (Wildman–Crippen LogP) is 4.73. The van der Waals surface area contributed by atoms with Crippen LogP contribution in [-0.4, -0.2) is 25.7 Å². The number of aromatic nitrogens is 3. The molecule has 0 radical (unpaired) electrons. The van der Waals surface area contributed by atoms with E-state index < -0.39 is 4.92 Å². The highest BCUT2D eigenvalue weighted by molar-refractivity contribution is 6.30. The standard InChI is InChI=1S/C21H13ClN4O3/c22-16-12-10-15(11-13-16)21(27)20-19(14-6-2-1-3-7-14)23-25(24-20)17-8-4-5-9-18(17)26(28)29/h1-13H. The van der Waals surface area contributed by atoms with Gasteiger partial charge in [-0.05, 0) is 30.3 Å². The molecule has 0 aliphatic heterocycles. The number of rotatable bonds is 5. The predicted molar refractivity (Wildman–Crippen MR) is 108 cm³/mol. The molecule has 4 aromatic rings. The first-order valence-electron chi connectivity index (χ1n) is 8.61. The summed E-state index contributed by atoms with van der Waals surface area (Å²) in [6.45, 7) is 0. The lowest BCUT2D eigenvalue weighted by atomic mass is 10.0. The fourth-order valence-electron chi connectivity index (χ4n) is 2.88. The number of carbonyl (C=O) groups excluding carboxylic acids is 1. The molecular formula is C21H13ClN4O3. The number of para-hydroxylation sites is 2. The van der Waals surface area contributed by atoms with E-state index in [0.717, 1.165) is 4.80 Å². The maximum atomic E-state index is 13.1. The van der Waals surface area contributed by atoms with Crippen LogP contribution in [-0.2, 0) is 0 Å². The summed E-state index contributed by atoms with van der Waals surface area (Å²) in [6.07, 6.45) is 0. The molecule has 0 aliphatic rings. The number of halogens is 1. The SMILES string of the molecule is O=C(c1ccc(Cl)cc1)c1nn(-c2ccccc2[N+](=O)[O-])nc1-c1ccccc1. The molecule has 4 rings (SSSR count). The van der Waals surface area contributed by atoms with Crippen LogP contribution in [0.5, 0.6) is 0 Å². The molecule has 0 aliphatic carbocycles. The van der Waals surface area contributed by atoms with Gasteiger partial charge in [0.1, 0.15) is 5.69 Å². The Morgan fingerprint density at radius 1 is 0.897 bits per heavy atom. The molecule has 1 aromatic heterocycles. The van der Waals surface area contributed by atoms with Crippen molar-refractivity contribution < 1.29 is 9.72 Å². The van der Waals surface area contributed by atoms with Gasteiger partial charge in [-0.15, -0.1) is 15.0 Å². The highest BCUT2D eigenvalue weighted by Crippen LogP contribution is 2.27. The Hall–Kier alpha value is -3.84. The average Bonchev–Trinajstić information content (AvgIpc) is 3.20. The van der Waals surface area contributed by atoms with E-state index in [1.165, 1.54) is 12.1 Å². The minimum atomic E-state index is -0.512. The minimum absolute atomic E-state index is 0.0941. The molecule has 0 atom stereocenters. The van der Waals surface area contributed by atoms with E-state index in [-0.39, 0.29) is 22.9 Å². The number of hydrogen-bond acceptors (Lipinski definition) is 5. The van der Waals surface area contributed by atoms with Crippen molar-refractivity contribution in [2.75, 3.05) is 0 Å². The molecule has 0 saturated heterocycles. The normalized spacial score (nSPS) is 10.7. The first kappa shape index (κ1) is 18.5. The lowest BCUT2D eigenvalue weighted by Gasteiger charge is -2.01. The Bertz CT molecular complexity index is 1200. The number of nitro groups is 1. The highest BCUT2D eigenvalue weighted by atomic mass is 35.5. The molecule has 7 nitrogen and oxygen atoms in total. The molecule has 0 unspecified atom stereocenters. The zero-order valence-corrected chi connectivity index (χ0v) is 15.7. The topological polar surface area (TPSA) is 90.9 Å². The molecule has 0 bridgehead atoms. The van der Waals surface area contributed by atoms with Gasteiger partial charge >= 0.3 is 0 Å². The van der Waals surface area contributed by atoms with Crippen molar-refractivity contribution in [1.29, 1.82) is 0 Å². The van der Waals surface area contributed by atoms with Crippen molar-refractivity contribution in [3.8, 4) is 16.9 Å². The van der Waals surface area contributed by atoms with Crippen LogP contribution in [0.4, 0.5) is 5.69 Å². The number of carbonyl (C=O) groups is 1. The van der Waals surface area contributed by atoms with Gasteiger partial charge in [0, 0.05) is 22.2 Å². The Morgan fingerprint density at radius 2 is 1.55 bits per heavy atom. The van der Waals surface area contributed by atoms with Crippen LogP contribution in [0.15, 0.2) is 78.9 Å². The van der Waals surface area contributed by atoms with Gasteiger partial charge in [-0.3, -0.25) is 14.9 Å². The maximum Gasteiger partial charge on any atom is 0.296 e. The molecule has 0 spiro atoms. The van der Waals surface area contributed by atoms with E-state index in [0.29, 0.717) is 21.8 Å². The first-order chi connectivity index (χ1) is 14.0. The molecule has 1 heterocycles. The van der Waals surface area contributed by atoms with Gasteiger partial charge in [-0.1, -0.05) is 54.1 Å². The number of nitro benzene ring substituents is 1. The Labute approximate surface area is 170 Å². The quantitative estimate of drug-likeness (QED) is 0.272. The Morgan fingerprint density at radius 3 is 2.24 bits per heavy atom. The average molecular weight is 405 g/mol. The zero-order valence-electron chi connectivity index (χ0n) is 14.9. The van der Waals surface area contributed by atoms with Crippen LogP contribution in [0.3, 0.4) is 0 Å². The van der Waals surface area contributed by atoms with Crippen LogP contribution in [0.2, 0.25) is 5.02 Å². The summed E-state index contributed by atoms with van der Waals surface area (Å²) in [6, 6.07) is 21.6. The van der Waals surface area contributed by atoms with Gasteiger partial charge in [0.15, 0.2) is 11.4 Å². The van der Waals surface area contributed by atoms with Crippen LogP contribution in [0.1, 0.15) is 16.1 Å². The molecule has 29 heavy (non-hydrogen) atoms. The van der Waals surface area contributed by atoms with Crippen LogP contribution < -0.4 is 0 Å². The third-order valence-corrected chi connectivity index (χ3v) is 4.53. The van der Waals surface area contributed by atoms with Crippen molar-refractivity contribution in [1.82, 2.24) is 15.0 Å². The monoisotopic (exact) mass is 404 g/mol. The van der Waals surface area contributed by atoms with Crippen molar-refractivity contribution in [3.63, 3.8) is 0 Å². The molecular weight excluding hydrogens is 392 g/mol. The minimum Gasteiger partial charge on any atom is -0.287 e. The van der Waals surface area contributed by atoms with E-state index in [1.807, 2.05) is 18.2 Å². The lowest BCUT2D eigenvalue weighted by molar-refractivity contribution is -0.384. The highest BCUT2D eigenvalue weighted by Gasteiger charge is 2.24. The molecule has 142 valence electrons. The summed E-state index contributed by atoms with van der Waals surface area (Å²) >= 11 is 5.91. The van der Waals surface area contributed by atoms with E-state index in [2.05, 4.69) is 10.2 Å². The molecule has 0 saturated carbocycles. The fourth-order valence-corrected chi connectivity index (χ4v) is 3.01. The number of nitrogens with zero attached hydrogens (tertiary/aromatic N) is 4. The van der Waals surface area contributed by atoms with Crippen LogP contribution >= 0.6 is 11.6 Å². The van der Waals surface area contributed by atoms with Crippen molar-refractivity contribution in [3.05, 3.63) is 105 Å². The first-order valence-corrected chi connectivity index (χ1v) is 8.99. The molecule has 3 aromatic carbocycles. The Kier molecular flexibility index (Phi) is 4.88. The van der Waals surface area contributed by atoms with Gasteiger partial charge in [-0.25, -0.2) is 0 Å². The Balaban J connectivity index is 1.90. The maximum absolute atomic E-state index is 13.1. The van der Waals surface area contributed by atoms with Gasteiger partial charge < -0.3 is 0 Å². The lowest BCUT2D eigenvalue weighted by Crippen LogP contribution is -2.06. The molecule has 0 fully saturated rings. The van der Waals surface area contributed by atoms with E-state index in [1.54, 1.807) is 48.5 Å². The van der Waals surface area contributed by atoms with Gasteiger partial charge in [0.25, 0.3) is 5.69 Å². The van der Waals surface area contributed by atoms with Crippen molar-refractivity contribution >= 4 is 23.1 Å². The second-order valence-corrected chi connectivity index (χ2v) is 6.57. The summed E-state index contributed by atoms with van der Waals surface area (Å²) < 4.78 is 0. The summed E-state index contributed by atoms with van der Waals surface area (Å²) in [5, 5.41) is 20.6. The summed E-state index contributed by atoms with van der Waals surface area (Å²) in [7, 11) is 0. The smallest absolute Gasteiger partial charge is 0.287 e. The zero-order chi connectivity index (χ0) is 20.4. The largest absolute Gasteiger partial charge is 0.296 e. The third kappa shape index (κ3) is 3.63. The second kappa shape index (κ2) is 7.65. The summed E-state index contributed by atoms with van der Waals surface area (Å²) in [4.78, 5) is 25.1. The summed E-state index contributed by atoms with van der Waals surface area (Å²) in [5.74, 6) is -0.356. The number of benzene rings is 3. The van der Waals surface area contributed by atoms with Gasteiger partial charge in [0.05, 0.1) is 4.92 Å². The molecule has 0 N–H and O–H groups in total. The molecule has 8 heteroatoms. The number of ketones is 1. The number of hydrogen-bond donors (Lipinski definition) is 0. The third-order valence-electron chi connectivity index (χ3n) is 4.28. The fraction of sp³-hybridized carbons (Fsp3) is 0. The van der Waals surface area contributed by atoms with Crippen LogP contribution in [0.25, 0.3) is 16.9 Å². The van der Waals surface area contributed by atoms with Crippen LogP contribution in [0, 0.1) is 10.1 Å². The van der Waals surface area contributed by atoms with E-state index in [4.69, 9.17) is 11.6 Å². The van der Waals surface area contributed by atoms with Crippen molar-refractivity contribution in [2.24, 2.45) is 0 Å². The molecule has 0 amide bonds. The van der Waals surface area contributed by atoms with E-state index >= 15 is 0 Å². The van der Waals surface area contributed by atoms with Gasteiger partial charge in [0.2, 0.25) is 5.78 Å². The second-order valence-electron chi connectivity index (χ2n) is 6.13. The summed E-state index contributed by atoms with van der Waals surface area (Å²) in [5.41, 5.74) is 1.51. The van der Waals surface area contributed by atoms with Gasteiger partial charge in [-0.2, -0.15) is 0 Å². The van der Waals surface area contributed by atoms with E-state index in [9.17, 15) is 14.9 Å².